The van der Waals surface area contributed by atoms with Gasteiger partial charge in [0.05, 0.1) is 5.41 Å². The highest BCUT2D eigenvalue weighted by Crippen LogP contribution is 2.49. The summed E-state index contributed by atoms with van der Waals surface area (Å²) in [6.07, 6.45) is 3.47. The smallest absolute Gasteiger partial charge is 0.213 e. The van der Waals surface area contributed by atoms with Crippen LogP contribution in [0.3, 0.4) is 0 Å². The molecule has 21 heavy (non-hydrogen) atoms. The largest absolute Gasteiger partial charge is 0.470 e. The van der Waals surface area contributed by atoms with Crippen molar-refractivity contribution >= 4 is 17.4 Å². The van der Waals surface area contributed by atoms with E-state index < -0.39 is 0 Å². The number of ether oxygens (including phenoxy) is 1. The molecule has 108 valence electrons. The number of Topliss-reactive ketones (excluding diaryl/α,β-unsaturated/α-hetero) is 1. The van der Waals surface area contributed by atoms with Gasteiger partial charge in [-0.3, -0.25) is 4.79 Å². The maximum atomic E-state index is 12.5. The molecule has 1 fully saturated rings. The van der Waals surface area contributed by atoms with Gasteiger partial charge in [0.1, 0.15) is 6.61 Å². The summed E-state index contributed by atoms with van der Waals surface area (Å²) >= 11 is 5.90. The zero-order valence-electron chi connectivity index (χ0n) is 11.8. The second-order valence-electron chi connectivity index (χ2n) is 5.47. The number of aromatic nitrogens is 1. The number of rotatable bonds is 5. The molecule has 4 heteroatoms. The maximum Gasteiger partial charge on any atom is 0.213 e. The van der Waals surface area contributed by atoms with Gasteiger partial charge in [-0.1, -0.05) is 29.8 Å². The van der Waals surface area contributed by atoms with Crippen molar-refractivity contribution < 1.29 is 9.53 Å². The number of carbonyl (C=O) groups is 1. The van der Waals surface area contributed by atoms with Crippen molar-refractivity contribution in [1.82, 2.24) is 4.98 Å². The van der Waals surface area contributed by atoms with Gasteiger partial charge in [-0.2, -0.15) is 0 Å². The highest BCUT2D eigenvalue weighted by molar-refractivity contribution is 6.30. The number of nitrogens with zero attached hydrogens (tertiary/aromatic N) is 1. The van der Waals surface area contributed by atoms with E-state index in [-0.39, 0.29) is 17.8 Å². The fraction of sp³-hybridized carbons (Fsp3) is 0.294. The van der Waals surface area contributed by atoms with Gasteiger partial charge in [-0.25, -0.2) is 4.98 Å². The Bertz CT molecular complexity index is 645. The third kappa shape index (κ3) is 2.93. The molecule has 0 atom stereocenters. The lowest BCUT2D eigenvalue weighted by molar-refractivity contribution is -0.123. The first-order valence-electron chi connectivity index (χ1n) is 6.95. The minimum atomic E-state index is -0.380. The Morgan fingerprint density at radius 1 is 1.24 bits per heavy atom. The lowest BCUT2D eigenvalue weighted by Gasteiger charge is -2.15. The lowest BCUT2D eigenvalue weighted by atomic mass is 9.92. The molecule has 1 aliphatic rings. The number of carbonyl (C=O) groups excluding carboxylic acids is 1. The highest BCUT2D eigenvalue weighted by Gasteiger charge is 2.50. The van der Waals surface area contributed by atoms with Crippen molar-refractivity contribution in [3.63, 3.8) is 0 Å². The highest BCUT2D eigenvalue weighted by atomic mass is 35.5. The van der Waals surface area contributed by atoms with Gasteiger partial charge in [0.15, 0.2) is 5.78 Å². The molecule has 0 amide bonds. The predicted octanol–water partition coefficient (Wildman–Crippen LogP) is 3.72. The van der Waals surface area contributed by atoms with Gasteiger partial charge in [0.2, 0.25) is 5.88 Å². The van der Waals surface area contributed by atoms with E-state index in [0.29, 0.717) is 10.9 Å². The predicted molar refractivity (Wildman–Crippen MR) is 81.8 cm³/mol. The third-order valence-electron chi connectivity index (χ3n) is 3.92. The summed E-state index contributed by atoms with van der Waals surface area (Å²) in [5.41, 5.74) is 1.71. The molecule has 1 saturated carbocycles. The summed E-state index contributed by atoms with van der Waals surface area (Å²) in [6, 6.07) is 11.2. The van der Waals surface area contributed by atoms with E-state index in [4.69, 9.17) is 16.3 Å². The number of hydrogen-bond acceptors (Lipinski definition) is 3. The van der Waals surface area contributed by atoms with Crippen LogP contribution in [0.5, 0.6) is 5.88 Å². The zero-order valence-corrected chi connectivity index (χ0v) is 12.6. The SMILES string of the molecule is Cc1ccc(OCC(=O)C2(c3ccc(Cl)cc3)CC2)nc1. The van der Waals surface area contributed by atoms with E-state index >= 15 is 0 Å². The van der Waals surface area contributed by atoms with E-state index in [0.717, 1.165) is 24.0 Å². The second kappa shape index (κ2) is 5.49. The molecule has 0 radical (unpaired) electrons. The number of benzene rings is 1. The summed E-state index contributed by atoms with van der Waals surface area (Å²) in [5.74, 6) is 0.591. The van der Waals surface area contributed by atoms with E-state index in [2.05, 4.69) is 4.98 Å². The standard InChI is InChI=1S/C17H16ClNO2/c1-12-2-7-16(19-10-12)21-11-15(20)17(8-9-17)13-3-5-14(18)6-4-13/h2-7,10H,8-9,11H2,1H3. The maximum absolute atomic E-state index is 12.5. The van der Waals surface area contributed by atoms with Gasteiger partial charge in [-0.15, -0.1) is 0 Å². The molecule has 3 nitrogen and oxygen atoms in total. The average Bonchev–Trinajstić information content (AvgIpc) is 3.29. The molecule has 2 aromatic rings. The van der Waals surface area contributed by atoms with Gasteiger partial charge >= 0.3 is 0 Å². The molecule has 0 aliphatic heterocycles. The van der Waals surface area contributed by atoms with Crippen molar-refractivity contribution in [1.29, 1.82) is 0 Å². The molecular weight excluding hydrogens is 286 g/mol. The minimum Gasteiger partial charge on any atom is -0.470 e. The van der Waals surface area contributed by atoms with E-state index in [1.54, 1.807) is 12.3 Å². The van der Waals surface area contributed by atoms with Crippen molar-refractivity contribution in [3.8, 4) is 5.88 Å². The number of ketones is 1. The van der Waals surface area contributed by atoms with Crippen molar-refractivity contribution in [2.45, 2.75) is 25.2 Å². The van der Waals surface area contributed by atoms with Crippen LogP contribution in [0.15, 0.2) is 42.6 Å². The van der Waals surface area contributed by atoms with E-state index in [9.17, 15) is 4.79 Å². The van der Waals surface area contributed by atoms with Crippen LogP contribution in [0, 0.1) is 6.92 Å². The first-order chi connectivity index (χ1) is 10.1. The molecule has 0 bridgehead atoms. The van der Waals surface area contributed by atoms with Crippen LogP contribution in [-0.2, 0) is 10.2 Å². The molecule has 1 aromatic heterocycles. The molecule has 0 N–H and O–H groups in total. The van der Waals surface area contributed by atoms with Crippen LogP contribution in [0.1, 0.15) is 24.0 Å². The molecule has 1 aliphatic carbocycles. The van der Waals surface area contributed by atoms with Crippen LogP contribution in [0.2, 0.25) is 5.02 Å². The fourth-order valence-corrected chi connectivity index (χ4v) is 2.57. The number of halogens is 1. The third-order valence-corrected chi connectivity index (χ3v) is 4.17. The summed E-state index contributed by atoms with van der Waals surface area (Å²) in [5, 5.41) is 0.683. The van der Waals surface area contributed by atoms with E-state index in [1.807, 2.05) is 37.3 Å². The molecule has 0 spiro atoms. The Morgan fingerprint density at radius 3 is 2.52 bits per heavy atom. The van der Waals surface area contributed by atoms with Gasteiger partial charge in [0.25, 0.3) is 0 Å². The van der Waals surface area contributed by atoms with Crippen molar-refractivity contribution in [2.75, 3.05) is 6.61 Å². The summed E-state index contributed by atoms with van der Waals surface area (Å²) in [7, 11) is 0. The van der Waals surface area contributed by atoms with Crippen LogP contribution in [0.4, 0.5) is 0 Å². The summed E-state index contributed by atoms with van der Waals surface area (Å²) < 4.78 is 5.51. The average molecular weight is 302 g/mol. The fourth-order valence-electron chi connectivity index (χ4n) is 2.44. The van der Waals surface area contributed by atoms with Gasteiger partial charge in [-0.05, 0) is 43.0 Å². The zero-order chi connectivity index (χ0) is 14.9. The Labute approximate surface area is 128 Å². The van der Waals surface area contributed by atoms with Crippen LogP contribution in [0.25, 0.3) is 0 Å². The quantitative estimate of drug-likeness (QED) is 0.845. The Morgan fingerprint density at radius 2 is 1.95 bits per heavy atom. The second-order valence-corrected chi connectivity index (χ2v) is 5.91. The number of aryl methyl sites for hydroxylation is 1. The molecule has 0 unspecified atom stereocenters. The number of hydrogen-bond donors (Lipinski definition) is 0. The molecule has 1 aromatic carbocycles. The molecular formula is C17H16ClNO2. The van der Waals surface area contributed by atoms with Crippen LogP contribution < -0.4 is 4.74 Å². The Kier molecular flexibility index (Phi) is 3.68. The monoisotopic (exact) mass is 301 g/mol. The molecule has 0 saturated heterocycles. The Hall–Kier alpha value is -1.87. The topological polar surface area (TPSA) is 39.2 Å². The van der Waals surface area contributed by atoms with Crippen molar-refractivity contribution in [3.05, 3.63) is 58.7 Å². The molecule has 1 heterocycles. The summed E-state index contributed by atoms with van der Waals surface area (Å²) in [6.45, 7) is 2.01. The normalized spacial score (nSPS) is 15.5. The van der Waals surface area contributed by atoms with Gasteiger partial charge < -0.3 is 4.74 Å². The first kappa shape index (κ1) is 14.1. The lowest BCUT2D eigenvalue weighted by Crippen LogP contribution is -2.26. The Balaban J connectivity index is 1.67. The van der Waals surface area contributed by atoms with E-state index in [1.165, 1.54) is 0 Å². The minimum absolute atomic E-state index is 0.0543. The number of pyridine rings is 1. The molecule has 3 rings (SSSR count). The van der Waals surface area contributed by atoms with Gasteiger partial charge in [0, 0.05) is 17.3 Å². The summed E-state index contributed by atoms with van der Waals surface area (Å²) in [4.78, 5) is 16.6. The van der Waals surface area contributed by atoms with Crippen LogP contribution in [-0.4, -0.2) is 17.4 Å². The van der Waals surface area contributed by atoms with Crippen LogP contribution >= 0.6 is 11.6 Å². The van der Waals surface area contributed by atoms with Crippen molar-refractivity contribution in [2.24, 2.45) is 0 Å². The first-order valence-corrected chi connectivity index (χ1v) is 7.33.